The van der Waals surface area contributed by atoms with Crippen molar-refractivity contribution < 1.29 is 33.0 Å². The summed E-state index contributed by atoms with van der Waals surface area (Å²) in [5, 5.41) is 0. The summed E-state index contributed by atoms with van der Waals surface area (Å²) in [7, 11) is 3.01. The van der Waals surface area contributed by atoms with Gasteiger partial charge in [-0.15, -0.1) is 0 Å². The van der Waals surface area contributed by atoms with Crippen LogP contribution in [0.4, 0.5) is 0 Å². The van der Waals surface area contributed by atoms with Gasteiger partial charge in [0.25, 0.3) is 0 Å². The smallest absolute Gasteiger partial charge is 0.310 e. The maximum absolute atomic E-state index is 14.5. The van der Waals surface area contributed by atoms with Crippen molar-refractivity contribution in [3.63, 3.8) is 0 Å². The van der Waals surface area contributed by atoms with Gasteiger partial charge in [-0.25, -0.2) is 0 Å². The van der Waals surface area contributed by atoms with Crippen LogP contribution in [0.1, 0.15) is 71.0 Å². The first-order valence-electron chi connectivity index (χ1n) is 12.0. The van der Waals surface area contributed by atoms with Crippen LogP contribution in [-0.4, -0.2) is 38.5 Å². The van der Waals surface area contributed by atoms with Gasteiger partial charge in [0, 0.05) is 18.6 Å². The summed E-state index contributed by atoms with van der Waals surface area (Å²) in [5.74, 6) is -1.72. The molecule has 0 spiro atoms. The summed E-state index contributed by atoms with van der Waals surface area (Å²) in [4.78, 5) is 40.8. The maximum atomic E-state index is 14.5. The third kappa shape index (κ3) is 3.54. The zero-order chi connectivity index (χ0) is 24.0. The number of carbonyl (C=O) groups excluding carboxylic acids is 3. The van der Waals surface area contributed by atoms with Crippen LogP contribution in [0.15, 0.2) is 23.0 Å². The van der Waals surface area contributed by atoms with Gasteiger partial charge in [0.1, 0.15) is 11.9 Å². The molecule has 0 unspecified atom stereocenters. The fourth-order valence-corrected chi connectivity index (χ4v) is 7.52. The van der Waals surface area contributed by atoms with Crippen LogP contribution in [0.25, 0.3) is 0 Å². The van der Waals surface area contributed by atoms with E-state index in [2.05, 4.69) is 0 Å². The third-order valence-electron chi connectivity index (χ3n) is 8.98. The minimum Gasteiger partial charge on any atom is -0.472 e. The summed E-state index contributed by atoms with van der Waals surface area (Å²) >= 11 is 0. The van der Waals surface area contributed by atoms with Crippen LogP contribution in [0.2, 0.25) is 0 Å². The van der Waals surface area contributed by atoms with Gasteiger partial charge in [-0.1, -0.05) is 27.2 Å². The fraction of sp³-hybridized carbons (Fsp3) is 0.731. The van der Waals surface area contributed by atoms with Gasteiger partial charge in [-0.05, 0) is 49.0 Å². The molecule has 1 aromatic rings. The number of methoxy groups -OCH3 is 2. The Morgan fingerprint density at radius 2 is 1.94 bits per heavy atom. The number of Topliss-reactive ketones (excluding diaryl/α,β-unsaturated/α-hetero) is 1. The van der Waals surface area contributed by atoms with Crippen molar-refractivity contribution >= 4 is 17.7 Å². The molecule has 3 aliphatic rings. The van der Waals surface area contributed by atoms with Crippen molar-refractivity contribution in [2.45, 2.75) is 65.4 Å². The Labute approximate surface area is 195 Å². The Bertz CT molecular complexity index is 900. The van der Waals surface area contributed by atoms with Crippen molar-refractivity contribution in [2.75, 3.05) is 20.8 Å². The number of cyclic esters (lactones) is 1. The second-order valence-corrected chi connectivity index (χ2v) is 10.8. The molecule has 33 heavy (non-hydrogen) atoms. The van der Waals surface area contributed by atoms with Crippen LogP contribution in [-0.2, 0) is 28.6 Å². The van der Waals surface area contributed by atoms with E-state index in [0.29, 0.717) is 32.1 Å². The molecule has 7 nitrogen and oxygen atoms in total. The van der Waals surface area contributed by atoms with E-state index >= 15 is 0 Å². The Hall–Kier alpha value is -2.15. The van der Waals surface area contributed by atoms with Crippen LogP contribution in [0.5, 0.6) is 0 Å². The number of carbonyl (C=O) groups is 3. The second kappa shape index (κ2) is 8.57. The fourth-order valence-electron chi connectivity index (χ4n) is 7.52. The molecule has 1 aliphatic heterocycles. The van der Waals surface area contributed by atoms with Crippen LogP contribution in [0.3, 0.4) is 0 Å². The Balaban J connectivity index is 1.85. The molecule has 7 atom stereocenters. The summed E-state index contributed by atoms with van der Waals surface area (Å²) < 4.78 is 21.9. The number of hydrogen-bond donors (Lipinski definition) is 0. The zero-order valence-corrected chi connectivity index (χ0v) is 20.3. The number of fused-ring (bicyclic) bond motifs is 3. The SMILES string of the molecule is CCC[C@]1(COC)C[C@@H](C(=O)OC)[C@]2(C)CC[C@H]3C(=O)O[C@H](c4ccoc4)C[C@]3(C)[C@H]2C1=O. The summed E-state index contributed by atoms with van der Waals surface area (Å²) in [6.07, 6.45) is 6.23. The first kappa shape index (κ1) is 24.0. The predicted molar refractivity (Wildman–Crippen MR) is 119 cm³/mol. The van der Waals surface area contributed by atoms with Crippen molar-refractivity contribution in [3.8, 4) is 0 Å². The molecule has 2 heterocycles. The first-order valence-corrected chi connectivity index (χ1v) is 12.0. The lowest BCUT2D eigenvalue weighted by Gasteiger charge is -2.63. The minimum atomic E-state index is -0.774. The van der Waals surface area contributed by atoms with E-state index in [1.54, 1.807) is 25.7 Å². The molecule has 2 aliphatic carbocycles. The van der Waals surface area contributed by atoms with Gasteiger partial charge in [0.15, 0.2) is 0 Å². The number of esters is 2. The lowest BCUT2D eigenvalue weighted by Crippen LogP contribution is -2.66. The van der Waals surface area contributed by atoms with Gasteiger partial charge in [0.05, 0.1) is 43.5 Å². The molecule has 0 radical (unpaired) electrons. The van der Waals surface area contributed by atoms with Gasteiger partial charge >= 0.3 is 11.9 Å². The van der Waals surface area contributed by atoms with Gasteiger partial charge in [-0.2, -0.15) is 0 Å². The number of ether oxygens (including phenoxy) is 3. The van der Waals surface area contributed by atoms with E-state index < -0.39 is 34.2 Å². The van der Waals surface area contributed by atoms with Crippen LogP contribution >= 0.6 is 0 Å². The summed E-state index contributed by atoms with van der Waals surface area (Å²) in [5.41, 5.74) is -1.23. The molecular formula is C26H36O7. The molecule has 0 N–H and O–H groups in total. The normalized spacial score (nSPS) is 40.5. The van der Waals surface area contributed by atoms with E-state index in [1.807, 2.05) is 20.8 Å². The number of ketones is 1. The minimum absolute atomic E-state index is 0.127. The lowest BCUT2D eigenvalue weighted by molar-refractivity contribution is -0.212. The number of rotatable bonds is 6. The standard InChI is InChI=1S/C26H36O7/c1-6-9-26(15-30-4)12-18(22(28)31-5)24(2)10-7-17-23(29)33-19(16-8-11-32-14-16)13-25(17,3)20(24)21(26)27/h8,11,14,17-20H,6-7,9-10,12-13,15H2,1-5H3/t17-,18-,19-,20-,24-,25-,26+/m0/s1. The molecule has 4 rings (SSSR count). The van der Waals surface area contributed by atoms with Gasteiger partial charge in [-0.3, -0.25) is 14.4 Å². The first-order chi connectivity index (χ1) is 15.7. The number of furan rings is 1. The average Bonchev–Trinajstić information content (AvgIpc) is 3.30. The topological polar surface area (TPSA) is 92.0 Å². The molecule has 0 amide bonds. The van der Waals surface area contributed by atoms with E-state index in [4.69, 9.17) is 18.6 Å². The van der Waals surface area contributed by atoms with Crippen molar-refractivity contribution in [1.29, 1.82) is 0 Å². The molecule has 182 valence electrons. The van der Waals surface area contributed by atoms with E-state index in [9.17, 15) is 14.4 Å². The van der Waals surface area contributed by atoms with Crippen molar-refractivity contribution in [2.24, 2.45) is 34.0 Å². The maximum Gasteiger partial charge on any atom is 0.310 e. The summed E-state index contributed by atoms with van der Waals surface area (Å²) in [6, 6.07) is 1.80. The zero-order valence-electron chi connectivity index (χ0n) is 20.3. The van der Waals surface area contributed by atoms with Crippen LogP contribution < -0.4 is 0 Å². The highest BCUT2D eigenvalue weighted by Crippen LogP contribution is 2.67. The third-order valence-corrected chi connectivity index (χ3v) is 8.98. The Morgan fingerprint density at radius 3 is 2.55 bits per heavy atom. The molecule has 1 saturated heterocycles. The lowest BCUT2D eigenvalue weighted by atomic mass is 9.40. The van der Waals surface area contributed by atoms with Crippen LogP contribution in [0, 0.1) is 34.0 Å². The second-order valence-electron chi connectivity index (χ2n) is 10.8. The monoisotopic (exact) mass is 460 g/mol. The summed E-state index contributed by atoms with van der Waals surface area (Å²) in [6.45, 7) is 6.41. The van der Waals surface area contributed by atoms with E-state index in [0.717, 1.165) is 12.0 Å². The Morgan fingerprint density at radius 1 is 1.18 bits per heavy atom. The highest BCUT2D eigenvalue weighted by Gasteiger charge is 2.69. The van der Waals surface area contributed by atoms with Crippen molar-refractivity contribution in [1.82, 2.24) is 0 Å². The molecule has 3 fully saturated rings. The average molecular weight is 461 g/mol. The molecule has 7 heteroatoms. The highest BCUT2D eigenvalue weighted by atomic mass is 16.5. The highest BCUT2D eigenvalue weighted by molar-refractivity contribution is 5.93. The molecule has 0 bridgehead atoms. The number of hydrogen-bond acceptors (Lipinski definition) is 7. The molecule has 2 saturated carbocycles. The quantitative estimate of drug-likeness (QED) is 0.577. The van der Waals surface area contributed by atoms with E-state index in [1.165, 1.54) is 7.11 Å². The van der Waals surface area contributed by atoms with E-state index in [-0.39, 0.29) is 30.2 Å². The molecular weight excluding hydrogens is 424 g/mol. The van der Waals surface area contributed by atoms with Gasteiger partial charge < -0.3 is 18.6 Å². The molecule has 0 aromatic carbocycles. The van der Waals surface area contributed by atoms with Gasteiger partial charge in [0.2, 0.25) is 0 Å². The molecule has 1 aromatic heterocycles. The Kier molecular flexibility index (Phi) is 6.23. The predicted octanol–water partition coefficient (Wildman–Crippen LogP) is 4.50. The largest absolute Gasteiger partial charge is 0.472 e. The van der Waals surface area contributed by atoms with Crippen molar-refractivity contribution in [3.05, 3.63) is 24.2 Å².